The third-order valence-corrected chi connectivity index (χ3v) is 1.94. The summed E-state index contributed by atoms with van der Waals surface area (Å²) in [4.78, 5) is 11.2. The zero-order chi connectivity index (χ0) is 12.0. The van der Waals surface area contributed by atoms with Crippen molar-refractivity contribution in [2.45, 2.75) is 20.4 Å². The number of ether oxygens (including phenoxy) is 1. The molecule has 1 aromatic rings. The van der Waals surface area contributed by atoms with Gasteiger partial charge >= 0.3 is 6.09 Å². The molecule has 0 heterocycles. The molecule has 4 heteroatoms. The van der Waals surface area contributed by atoms with Gasteiger partial charge in [0.2, 0.25) is 0 Å². The van der Waals surface area contributed by atoms with Crippen molar-refractivity contribution in [1.82, 2.24) is 5.32 Å². The van der Waals surface area contributed by atoms with Crippen molar-refractivity contribution in [2.24, 2.45) is 5.92 Å². The SMILES string of the molecule is CC(C)COC(=O)NCc1cccc(N)c1. The lowest BCUT2D eigenvalue weighted by molar-refractivity contribution is 0.132. The van der Waals surface area contributed by atoms with Crippen LogP contribution in [-0.2, 0) is 11.3 Å². The number of amides is 1. The quantitative estimate of drug-likeness (QED) is 0.767. The maximum Gasteiger partial charge on any atom is 0.407 e. The zero-order valence-corrected chi connectivity index (χ0v) is 9.69. The smallest absolute Gasteiger partial charge is 0.407 e. The number of nitrogen functional groups attached to an aromatic ring is 1. The summed E-state index contributed by atoms with van der Waals surface area (Å²) < 4.78 is 4.97. The Balaban J connectivity index is 2.31. The van der Waals surface area contributed by atoms with Crippen LogP contribution in [0.5, 0.6) is 0 Å². The van der Waals surface area contributed by atoms with E-state index in [4.69, 9.17) is 10.5 Å². The van der Waals surface area contributed by atoms with Crippen LogP contribution in [0.25, 0.3) is 0 Å². The van der Waals surface area contributed by atoms with Crippen molar-refractivity contribution >= 4 is 11.8 Å². The summed E-state index contributed by atoms with van der Waals surface area (Å²) in [6.07, 6.45) is -0.392. The molecule has 4 nitrogen and oxygen atoms in total. The maximum atomic E-state index is 11.2. The van der Waals surface area contributed by atoms with Gasteiger partial charge in [-0.25, -0.2) is 4.79 Å². The Bertz CT molecular complexity index is 351. The van der Waals surface area contributed by atoms with E-state index < -0.39 is 6.09 Å². The first-order chi connectivity index (χ1) is 7.58. The van der Waals surface area contributed by atoms with Gasteiger partial charge in [-0.3, -0.25) is 0 Å². The Kier molecular flexibility index (Phi) is 4.64. The van der Waals surface area contributed by atoms with Gasteiger partial charge in [-0.05, 0) is 23.6 Å². The number of carbonyl (C=O) groups excluding carboxylic acids is 1. The molecule has 1 amide bonds. The van der Waals surface area contributed by atoms with Crippen molar-refractivity contribution in [3.63, 3.8) is 0 Å². The summed E-state index contributed by atoms with van der Waals surface area (Å²) in [5, 5.41) is 2.66. The van der Waals surface area contributed by atoms with E-state index in [-0.39, 0.29) is 0 Å². The van der Waals surface area contributed by atoms with Gasteiger partial charge in [-0.2, -0.15) is 0 Å². The molecular weight excluding hydrogens is 204 g/mol. The van der Waals surface area contributed by atoms with E-state index in [2.05, 4.69) is 5.32 Å². The van der Waals surface area contributed by atoms with Crippen LogP contribution in [0.1, 0.15) is 19.4 Å². The van der Waals surface area contributed by atoms with E-state index in [9.17, 15) is 4.79 Å². The standard InChI is InChI=1S/C12H18N2O2/c1-9(2)8-16-12(15)14-7-10-4-3-5-11(13)6-10/h3-6,9H,7-8,13H2,1-2H3,(H,14,15). The average Bonchev–Trinajstić information content (AvgIpc) is 2.23. The number of benzene rings is 1. The maximum absolute atomic E-state index is 11.2. The molecule has 0 aromatic heterocycles. The van der Waals surface area contributed by atoms with Gasteiger partial charge in [0.15, 0.2) is 0 Å². The molecule has 0 spiro atoms. The number of nitrogens with one attached hydrogen (secondary N) is 1. The van der Waals surface area contributed by atoms with Crippen LogP contribution in [0, 0.1) is 5.92 Å². The predicted molar refractivity (Wildman–Crippen MR) is 63.9 cm³/mol. The fraction of sp³-hybridized carbons (Fsp3) is 0.417. The molecule has 0 fully saturated rings. The Morgan fingerprint density at radius 2 is 2.25 bits per heavy atom. The van der Waals surface area contributed by atoms with Crippen molar-refractivity contribution in [3.8, 4) is 0 Å². The minimum absolute atomic E-state index is 0.345. The van der Waals surface area contributed by atoms with Crippen LogP contribution >= 0.6 is 0 Å². The summed E-state index contributed by atoms with van der Waals surface area (Å²) in [5.41, 5.74) is 7.27. The van der Waals surface area contributed by atoms with E-state index in [1.54, 1.807) is 6.07 Å². The molecule has 0 saturated carbocycles. The topological polar surface area (TPSA) is 64.3 Å². The molecule has 0 aliphatic carbocycles. The van der Waals surface area contributed by atoms with Gasteiger partial charge in [-0.15, -0.1) is 0 Å². The van der Waals surface area contributed by atoms with Gasteiger partial charge in [-0.1, -0.05) is 26.0 Å². The summed E-state index contributed by atoms with van der Waals surface area (Å²) in [5.74, 6) is 0.345. The molecule has 3 N–H and O–H groups in total. The monoisotopic (exact) mass is 222 g/mol. The van der Waals surface area contributed by atoms with Crippen LogP contribution in [0.3, 0.4) is 0 Å². The number of hydrogen-bond donors (Lipinski definition) is 2. The second-order valence-electron chi connectivity index (χ2n) is 4.09. The average molecular weight is 222 g/mol. The Labute approximate surface area is 95.8 Å². The summed E-state index contributed by atoms with van der Waals surface area (Å²) >= 11 is 0. The molecular formula is C12H18N2O2. The molecule has 0 bridgehead atoms. The van der Waals surface area contributed by atoms with Gasteiger partial charge in [0, 0.05) is 12.2 Å². The molecule has 0 aliphatic heterocycles. The molecule has 0 unspecified atom stereocenters. The van der Waals surface area contributed by atoms with Crippen LogP contribution in [-0.4, -0.2) is 12.7 Å². The molecule has 88 valence electrons. The Morgan fingerprint density at radius 1 is 1.50 bits per heavy atom. The Morgan fingerprint density at radius 3 is 2.88 bits per heavy atom. The number of anilines is 1. The lowest BCUT2D eigenvalue weighted by atomic mass is 10.2. The van der Waals surface area contributed by atoms with Crippen molar-refractivity contribution in [1.29, 1.82) is 0 Å². The van der Waals surface area contributed by atoms with Crippen LogP contribution in [0.2, 0.25) is 0 Å². The second kappa shape index (κ2) is 6.00. The lowest BCUT2D eigenvalue weighted by Crippen LogP contribution is -2.25. The van der Waals surface area contributed by atoms with Crippen LogP contribution in [0.15, 0.2) is 24.3 Å². The highest BCUT2D eigenvalue weighted by Gasteiger charge is 2.03. The highest BCUT2D eigenvalue weighted by molar-refractivity contribution is 5.67. The van der Waals surface area contributed by atoms with E-state index in [1.807, 2.05) is 32.0 Å². The number of nitrogens with two attached hydrogens (primary N) is 1. The first kappa shape index (κ1) is 12.4. The summed E-state index contributed by atoms with van der Waals surface area (Å²) in [7, 11) is 0. The number of alkyl carbamates (subject to hydrolysis) is 1. The minimum atomic E-state index is -0.392. The Hall–Kier alpha value is -1.71. The fourth-order valence-electron chi connectivity index (χ4n) is 1.17. The molecule has 0 radical (unpaired) electrons. The van der Waals surface area contributed by atoms with Crippen molar-refractivity contribution in [2.75, 3.05) is 12.3 Å². The first-order valence-corrected chi connectivity index (χ1v) is 5.33. The lowest BCUT2D eigenvalue weighted by Gasteiger charge is -2.08. The zero-order valence-electron chi connectivity index (χ0n) is 9.69. The third-order valence-electron chi connectivity index (χ3n) is 1.94. The number of carbonyl (C=O) groups is 1. The molecule has 1 rings (SSSR count). The van der Waals surface area contributed by atoms with Gasteiger partial charge in [0.1, 0.15) is 0 Å². The van der Waals surface area contributed by atoms with Crippen molar-refractivity contribution in [3.05, 3.63) is 29.8 Å². The molecule has 1 aromatic carbocycles. The van der Waals surface area contributed by atoms with E-state index in [0.717, 1.165) is 5.56 Å². The highest BCUT2D eigenvalue weighted by atomic mass is 16.5. The normalized spacial score (nSPS) is 10.2. The highest BCUT2D eigenvalue weighted by Crippen LogP contribution is 2.05. The fourth-order valence-corrected chi connectivity index (χ4v) is 1.17. The molecule has 16 heavy (non-hydrogen) atoms. The van der Waals surface area contributed by atoms with Gasteiger partial charge in [0.05, 0.1) is 6.61 Å². The van der Waals surface area contributed by atoms with Crippen LogP contribution in [0.4, 0.5) is 10.5 Å². The number of hydrogen-bond acceptors (Lipinski definition) is 3. The van der Waals surface area contributed by atoms with E-state index >= 15 is 0 Å². The largest absolute Gasteiger partial charge is 0.449 e. The third kappa shape index (κ3) is 4.68. The summed E-state index contributed by atoms with van der Waals surface area (Å²) in [6.45, 7) is 4.85. The predicted octanol–water partition coefficient (Wildman–Crippen LogP) is 2.15. The number of rotatable bonds is 4. The van der Waals surface area contributed by atoms with Crippen molar-refractivity contribution < 1.29 is 9.53 Å². The minimum Gasteiger partial charge on any atom is -0.449 e. The van der Waals surface area contributed by atoms with Crippen LogP contribution < -0.4 is 11.1 Å². The van der Waals surface area contributed by atoms with Gasteiger partial charge in [0.25, 0.3) is 0 Å². The van der Waals surface area contributed by atoms with E-state index in [0.29, 0.717) is 24.8 Å². The first-order valence-electron chi connectivity index (χ1n) is 5.33. The molecule has 0 aliphatic rings. The van der Waals surface area contributed by atoms with E-state index in [1.165, 1.54) is 0 Å². The second-order valence-corrected chi connectivity index (χ2v) is 4.09. The molecule has 0 saturated heterocycles. The molecule has 0 atom stereocenters. The summed E-state index contributed by atoms with van der Waals surface area (Å²) in [6, 6.07) is 7.38. The van der Waals surface area contributed by atoms with Gasteiger partial charge < -0.3 is 15.8 Å².